The molecular weight excluding hydrogens is 570 g/mol. The van der Waals surface area contributed by atoms with Crippen LogP contribution in [0.4, 0.5) is 0 Å². The summed E-state index contributed by atoms with van der Waals surface area (Å²) in [5.41, 5.74) is 8.56. The summed E-state index contributed by atoms with van der Waals surface area (Å²) < 4.78 is 7.69. The molecule has 1 heterocycles. The number of nitrogens with two attached hydrogens (primary N) is 1. The molecule has 5 rings (SSSR count). The fourth-order valence-corrected chi connectivity index (χ4v) is 5.53. The van der Waals surface area contributed by atoms with E-state index in [-0.39, 0.29) is 32.1 Å². The number of carboxylic acids is 1. The number of rotatable bonds is 14. The van der Waals surface area contributed by atoms with E-state index in [4.69, 9.17) is 10.5 Å². The number of nitrogens with one attached hydrogen (secondary N) is 1. The first kappa shape index (κ1) is 31.0. The van der Waals surface area contributed by atoms with Crippen molar-refractivity contribution in [2.45, 2.75) is 50.8 Å². The fourth-order valence-electron chi connectivity index (χ4n) is 5.53. The minimum absolute atomic E-state index is 0.0368. The Kier molecular flexibility index (Phi) is 9.89. The number of para-hydroxylation sites is 1. The minimum Gasteiger partial charge on any atom is -0.481 e. The van der Waals surface area contributed by atoms with Crippen LogP contribution in [0.5, 0.6) is 0 Å². The number of amides is 2. The second-order valence-corrected chi connectivity index (χ2v) is 11.1. The molecule has 2 atom stereocenters. The largest absolute Gasteiger partial charge is 0.481 e. The van der Waals surface area contributed by atoms with Crippen LogP contribution in [0.25, 0.3) is 21.7 Å². The molecule has 4 aromatic carbocycles. The molecule has 4 N–H and O–H groups in total. The van der Waals surface area contributed by atoms with E-state index >= 15 is 0 Å². The molecule has 230 valence electrons. The SMILES string of the molecule is NC(=O)C[C@H](Cc1ccc2ccccc2c1)OC(=O)[C@H](CCCC(=O)O)NC(=O)c1cc2ccccc2n1Cc1ccccc1. The first-order valence-corrected chi connectivity index (χ1v) is 14.9. The molecule has 0 fully saturated rings. The van der Waals surface area contributed by atoms with E-state index in [0.29, 0.717) is 12.2 Å². The lowest BCUT2D eigenvalue weighted by atomic mass is 10.0. The average molecular weight is 606 g/mol. The number of aromatic nitrogens is 1. The Hall–Kier alpha value is -5.44. The number of carbonyl (C=O) groups excluding carboxylic acids is 3. The smallest absolute Gasteiger partial charge is 0.328 e. The molecule has 0 aliphatic carbocycles. The Balaban J connectivity index is 1.38. The van der Waals surface area contributed by atoms with Crippen molar-refractivity contribution in [1.82, 2.24) is 9.88 Å². The summed E-state index contributed by atoms with van der Waals surface area (Å²) in [6.07, 6.45) is -0.863. The van der Waals surface area contributed by atoms with Crippen LogP contribution in [0.3, 0.4) is 0 Å². The molecule has 1 aromatic heterocycles. The summed E-state index contributed by atoms with van der Waals surface area (Å²) >= 11 is 0. The third kappa shape index (κ3) is 8.14. The molecule has 5 aromatic rings. The third-order valence-electron chi connectivity index (χ3n) is 7.69. The highest BCUT2D eigenvalue weighted by molar-refractivity contribution is 6.00. The van der Waals surface area contributed by atoms with Crippen LogP contribution in [0.2, 0.25) is 0 Å². The van der Waals surface area contributed by atoms with E-state index < -0.39 is 35.9 Å². The lowest BCUT2D eigenvalue weighted by Gasteiger charge is -2.23. The van der Waals surface area contributed by atoms with Gasteiger partial charge in [0.1, 0.15) is 17.8 Å². The highest BCUT2D eigenvalue weighted by atomic mass is 16.5. The Bertz CT molecular complexity index is 1830. The summed E-state index contributed by atoms with van der Waals surface area (Å²) in [5, 5.41) is 14.9. The van der Waals surface area contributed by atoms with Crippen LogP contribution in [-0.4, -0.2) is 45.6 Å². The second-order valence-electron chi connectivity index (χ2n) is 11.1. The van der Waals surface area contributed by atoms with E-state index in [9.17, 15) is 24.3 Å². The van der Waals surface area contributed by atoms with Gasteiger partial charge in [0.2, 0.25) is 5.91 Å². The molecule has 9 heteroatoms. The van der Waals surface area contributed by atoms with Gasteiger partial charge in [0.25, 0.3) is 5.91 Å². The van der Waals surface area contributed by atoms with Crippen molar-refractivity contribution in [3.05, 3.63) is 120 Å². The molecule has 45 heavy (non-hydrogen) atoms. The Morgan fingerprint density at radius 2 is 1.49 bits per heavy atom. The number of fused-ring (bicyclic) bond motifs is 2. The summed E-state index contributed by atoms with van der Waals surface area (Å²) in [7, 11) is 0. The van der Waals surface area contributed by atoms with Crippen molar-refractivity contribution in [2.75, 3.05) is 0 Å². The topological polar surface area (TPSA) is 141 Å². The van der Waals surface area contributed by atoms with Gasteiger partial charge in [-0.1, -0.05) is 91.0 Å². The summed E-state index contributed by atoms with van der Waals surface area (Å²) in [4.78, 5) is 50.6. The van der Waals surface area contributed by atoms with E-state index in [1.165, 1.54) is 0 Å². The molecule has 0 saturated heterocycles. The van der Waals surface area contributed by atoms with Crippen LogP contribution < -0.4 is 11.1 Å². The van der Waals surface area contributed by atoms with Gasteiger partial charge in [-0.25, -0.2) is 4.79 Å². The van der Waals surface area contributed by atoms with Gasteiger partial charge >= 0.3 is 11.9 Å². The molecule has 0 spiro atoms. The summed E-state index contributed by atoms with van der Waals surface area (Å²) in [6.45, 7) is 0.428. The van der Waals surface area contributed by atoms with Crippen molar-refractivity contribution in [3.8, 4) is 0 Å². The zero-order valence-electron chi connectivity index (χ0n) is 24.7. The highest BCUT2D eigenvalue weighted by Gasteiger charge is 2.28. The first-order chi connectivity index (χ1) is 21.8. The first-order valence-electron chi connectivity index (χ1n) is 14.9. The number of aliphatic carboxylic acids is 1. The Morgan fingerprint density at radius 3 is 2.22 bits per heavy atom. The van der Waals surface area contributed by atoms with Gasteiger partial charge < -0.3 is 25.5 Å². The van der Waals surface area contributed by atoms with E-state index in [0.717, 1.165) is 32.8 Å². The number of benzene rings is 4. The Labute approximate surface area is 260 Å². The average Bonchev–Trinajstić information content (AvgIpc) is 3.38. The van der Waals surface area contributed by atoms with Crippen molar-refractivity contribution >= 4 is 45.4 Å². The van der Waals surface area contributed by atoms with Gasteiger partial charge in [0.05, 0.1) is 6.42 Å². The number of primary amides is 1. The van der Waals surface area contributed by atoms with Gasteiger partial charge in [-0.15, -0.1) is 0 Å². The van der Waals surface area contributed by atoms with Crippen LogP contribution in [-0.2, 0) is 32.1 Å². The lowest BCUT2D eigenvalue weighted by Crippen LogP contribution is -2.44. The van der Waals surface area contributed by atoms with Gasteiger partial charge in [-0.05, 0) is 46.9 Å². The molecular formula is C36H35N3O6. The van der Waals surface area contributed by atoms with E-state index in [1.54, 1.807) is 6.07 Å². The van der Waals surface area contributed by atoms with Gasteiger partial charge in [0, 0.05) is 30.3 Å². The summed E-state index contributed by atoms with van der Waals surface area (Å²) in [5.74, 6) is -2.91. The minimum atomic E-state index is -1.15. The molecule has 2 amide bonds. The van der Waals surface area contributed by atoms with Crippen LogP contribution in [0.1, 0.15) is 47.3 Å². The van der Waals surface area contributed by atoms with Crippen LogP contribution >= 0.6 is 0 Å². The van der Waals surface area contributed by atoms with E-state index in [2.05, 4.69) is 5.32 Å². The number of esters is 1. The predicted octanol–water partition coefficient (Wildman–Crippen LogP) is 5.23. The predicted molar refractivity (Wildman–Crippen MR) is 172 cm³/mol. The lowest BCUT2D eigenvalue weighted by molar-refractivity contribution is -0.153. The third-order valence-corrected chi connectivity index (χ3v) is 7.69. The number of carbonyl (C=O) groups is 4. The normalized spacial score (nSPS) is 12.4. The fraction of sp³-hybridized carbons (Fsp3) is 0.222. The zero-order valence-corrected chi connectivity index (χ0v) is 24.7. The van der Waals surface area contributed by atoms with Crippen molar-refractivity contribution < 1.29 is 29.0 Å². The quantitative estimate of drug-likeness (QED) is 0.148. The van der Waals surface area contributed by atoms with Gasteiger partial charge in [-0.2, -0.15) is 0 Å². The monoisotopic (exact) mass is 605 g/mol. The molecule has 0 saturated carbocycles. The van der Waals surface area contributed by atoms with Crippen molar-refractivity contribution in [2.24, 2.45) is 5.73 Å². The number of hydrogen-bond donors (Lipinski definition) is 3. The maximum Gasteiger partial charge on any atom is 0.328 e. The molecule has 0 aliphatic heterocycles. The number of hydrogen-bond acceptors (Lipinski definition) is 5. The summed E-state index contributed by atoms with van der Waals surface area (Å²) in [6, 6.07) is 31.6. The highest BCUT2D eigenvalue weighted by Crippen LogP contribution is 2.23. The number of ether oxygens (including phenoxy) is 1. The maximum atomic E-state index is 13.8. The van der Waals surface area contributed by atoms with Crippen molar-refractivity contribution in [1.29, 1.82) is 0 Å². The molecule has 0 radical (unpaired) electrons. The molecule has 9 nitrogen and oxygen atoms in total. The van der Waals surface area contributed by atoms with Crippen molar-refractivity contribution in [3.63, 3.8) is 0 Å². The van der Waals surface area contributed by atoms with Gasteiger partial charge in [0.15, 0.2) is 0 Å². The van der Waals surface area contributed by atoms with Crippen LogP contribution in [0.15, 0.2) is 103 Å². The van der Waals surface area contributed by atoms with Crippen LogP contribution in [0, 0.1) is 0 Å². The Morgan fingerprint density at radius 1 is 0.800 bits per heavy atom. The molecule has 0 unspecified atom stereocenters. The van der Waals surface area contributed by atoms with E-state index in [1.807, 2.05) is 102 Å². The zero-order chi connectivity index (χ0) is 31.8. The second kappa shape index (κ2) is 14.4. The molecule has 0 bridgehead atoms. The standard InChI is InChI=1S/C36H35N3O6/c37-33(40)22-29(20-25-17-18-26-11-4-5-12-27(26)19-25)45-36(44)30(14-8-16-34(41)42)38-35(43)32-21-28-13-6-7-15-31(28)39(32)23-24-9-2-1-3-10-24/h1-7,9-13,15,17-19,21,29-30H,8,14,16,20,22-23H2,(H2,37,40)(H,38,43)(H,41,42)/t29-,30-/m0/s1. The van der Waals surface area contributed by atoms with Gasteiger partial charge in [-0.3, -0.25) is 14.4 Å². The number of nitrogens with zero attached hydrogens (tertiary/aromatic N) is 1. The maximum absolute atomic E-state index is 13.8. The number of carboxylic acid groups (broad SMARTS) is 1. The molecule has 0 aliphatic rings.